The predicted octanol–water partition coefficient (Wildman–Crippen LogP) is 4.11. The van der Waals surface area contributed by atoms with Crippen molar-refractivity contribution >= 4 is 44.2 Å². The number of carbonyl (C=O) groups excluding carboxylic acids is 3. The molecule has 0 radical (unpaired) electrons. The second-order valence-corrected chi connectivity index (χ2v) is 11.4. The summed E-state index contributed by atoms with van der Waals surface area (Å²) in [5, 5.41) is 14.4. The van der Waals surface area contributed by atoms with E-state index in [9.17, 15) is 29.1 Å². The highest BCUT2D eigenvalue weighted by atomic mass is 32.9. The Bertz CT molecular complexity index is 1730. The first kappa shape index (κ1) is 31.3. The maximum Gasteiger partial charge on any atom is 0.350 e. The fraction of sp³-hybridized carbons (Fsp3) is 0.321. The number of carbonyl (C=O) groups is 3. The highest BCUT2D eigenvalue weighted by molar-refractivity contribution is 7.70. The standard InChI is InChI=1S/C28H29N3O10S2/c1-15-12-20(33)23(27(36)41-15)19(32)6-5-7-22(34)40-11-10-30(2)28(37)29-24-25-18(14-42-43-25)31(26(24)35)17-9-8-16(38-3)13-21(17)39-4/h8-9,12-14,33H,5-7,10-11H2,1-4H3,(H,29,37). The number of benzene rings is 1. The summed E-state index contributed by atoms with van der Waals surface area (Å²) in [5.74, 6) is -0.564. The number of hydrogen-bond acceptors (Lipinski definition) is 12. The maximum absolute atomic E-state index is 13.4. The highest BCUT2D eigenvalue weighted by Gasteiger charge is 2.27. The lowest BCUT2D eigenvalue weighted by molar-refractivity contribution is -0.143. The van der Waals surface area contributed by atoms with Crippen molar-refractivity contribution in [3.05, 3.63) is 61.7 Å². The Labute approximate surface area is 252 Å². The molecule has 0 saturated carbocycles. The number of Topliss-reactive ketones (excluding diaryl/α,β-unsaturated/α-hetero) is 1. The quantitative estimate of drug-likeness (QED) is 0.132. The SMILES string of the molecule is COc1ccc(-n2c3cssc-3c(NC(=O)N(C)CCOC(=O)CCCC(=O)c3c(O)cc(C)oc3=O)c2=O)c(OC)c1. The number of nitrogens with zero attached hydrogens (tertiary/aromatic N) is 2. The number of amides is 2. The van der Waals surface area contributed by atoms with Crippen LogP contribution in [0.25, 0.3) is 16.3 Å². The van der Waals surface area contributed by atoms with Gasteiger partial charge in [0.2, 0.25) is 0 Å². The molecule has 228 valence electrons. The van der Waals surface area contributed by atoms with Crippen LogP contribution >= 0.6 is 20.7 Å². The van der Waals surface area contributed by atoms with Crippen molar-refractivity contribution in [2.45, 2.75) is 26.2 Å². The zero-order valence-electron chi connectivity index (χ0n) is 23.8. The number of methoxy groups -OCH3 is 2. The minimum atomic E-state index is -0.937. The van der Waals surface area contributed by atoms with Crippen LogP contribution in [-0.2, 0) is 9.53 Å². The van der Waals surface area contributed by atoms with Crippen LogP contribution in [0.15, 0.2) is 43.7 Å². The first-order valence-corrected chi connectivity index (χ1v) is 15.2. The Hall–Kier alpha value is -4.63. The van der Waals surface area contributed by atoms with Crippen molar-refractivity contribution in [1.29, 1.82) is 0 Å². The Kier molecular flexibility index (Phi) is 9.88. The highest BCUT2D eigenvalue weighted by Crippen LogP contribution is 2.41. The van der Waals surface area contributed by atoms with Gasteiger partial charge < -0.3 is 34.0 Å². The Morgan fingerprint density at radius 3 is 2.58 bits per heavy atom. The van der Waals surface area contributed by atoms with Gasteiger partial charge in [-0.15, -0.1) is 0 Å². The fourth-order valence-corrected chi connectivity index (χ4v) is 6.42. The number of urea groups is 1. The summed E-state index contributed by atoms with van der Waals surface area (Å²) in [6.07, 6.45) is -0.198. The van der Waals surface area contributed by atoms with Gasteiger partial charge >= 0.3 is 17.6 Å². The van der Waals surface area contributed by atoms with E-state index in [1.807, 2.05) is 5.38 Å². The van der Waals surface area contributed by atoms with Crippen molar-refractivity contribution in [1.82, 2.24) is 9.47 Å². The third-order valence-corrected chi connectivity index (χ3v) is 8.50. The summed E-state index contributed by atoms with van der Waals surface area (Å²) in [6, 6.07) is 5.66. The predicted molar refractivity (Wildman–Crippen MR) is 160 cm³/mol. The molecule has 15 heteroatoms. The van der Waals surface area contributed by atoms with Gasteiger partial charge in [-0.1, -0.05) is 20.7 Å². The van der Waals surface area contributed by atoms with Crippen LogP contribution in [0, 0.1) is 6.92 Å². The van der Waals surface area contributed by atoms with Gasteiger partial charge in [0.25, 0.3) is 5.56 Å². The molecule has 2 N–H and O–H groups in total. The Morgan fingerprint density at radius 1 is 1.12 bits per heavy atom. The van der Waals surface area contributed by atoms with E-state index in [0.717, 1.165) is 0 Å². The number of aromatic nitrogens is 1. The van der Waals surface area contributed by atoms with Crippen LogP contribution in [-0.4, -0.2) is 66.8 Å². The maximum atomic E-state index is 13.4. The molecule has 4 rings (SSSR count). The fourth-order valence-electron chi connectivity index (χ4n) is 4.22. The summed E-state index contributed by atoms with van der Waals surface area (Å²) in [4.78, 5) is 64.5. The van der Waals surface area contributed by atoms with Crippen LogP contribution in [0.5, 0.6) is 17.2 Å². The average Bonchev–Trinajstić information content (AvgIpc) is 3.53. The number of ketones is 1. The van der Waals surface area contributed by atoms with Gasteiger partial charge in [0.05, 0.1) is 37.0 Å². The van der Waals surface area contributed by atoms with Crippen LogP contribution in [0.2, 0.25) is 0 Å². The molecular weight excluding hydrogens is 602 g/mol. The van der Waals surface area contributed by atoms with Crippen molar-refractivity contribution in [2.24, 2.45) is 0 Å². The number of anilines is 1. The molecule has 1 aromatic carbocycles. The van der Waals surface area contributed by atoms with Gasteiger partial charge in [0, 0.05) is 37.4 Å². The molecule has 2 amide bonds. The van der Waals surface area contributed by atoms with Crippen molar-refractivity contribution in [3.63, 3.8) is 0 Å². The first-order valence-electron chi connectivity index (χ1n) is 12.9. The van der Waals surface area contributed by atoms with Crippen LogP contribution < -0.4 is 26.0 Å². The number of hydrogen-bond donors (Lipinski definition) is 2. The third kappa shape index (κ3) is 6.89. The van der Waals surface area contributed by atoms with Gasteiger partial charge in [-0.2, -0.15) is 0 Å². The van der Waals surface area contributed by atoms with Gasteiger partial charge in [0.15, 0.2) is 5.78 Å². The minimum Gasteiger partial charge on any atom is -0.507 e. The number of ether oxygens (including phenoxy) is 3. The molecular formula is C28H29N3O10S2. The molecule has 0 bridgehead atoms. The lowest BCUT2D eigenvalue weighted by Crippen LogP contribution is -2.35. The molecule has 2 aliphatic heterocycles. The van der Waals surface area contributed by atoms with Crippen molar-refractivity contribution in [3.8, 4) is 33.5 Å². The van der Waals surface area contributed by atoms with E-state index in [2.05, 4.69) is 5.32 Å². The zero-order valence-corrected chi connectivity index (χ0v) is 25.4. The molecule has 2 aliphatic rings. The number of fused-ring (bicyclic) bond motifs is 1. The molecule has 0 saturated heterocycles. The lowest BCUT2D eigenvalue weighted by atomic mass is 10.1. The molecule has 0 fully saturated rings. The summed E-state index contributed by atoms with van der Waals surface area (Å²) in [5.41, 5.74) is -0.596. The third-order valence-electron chi connectivity index (χ3n) is 6.42. The van der Waals surface area contributed by atoms with Gasteiger partial charge in [0.1, 0.15) is 40.9 Å². The van der Waals surface area contributed by atoms with Crippen LogP contribution in [0.1, 0.15) is 35.4 Å². The zero-order chi connectivity index (χ0) is 31.3. The van der Waals surface area contributed by atoms with Crippen LogP contribution in [0.4, 0.5) is 10.5 Å². The molecule has 0 spiro atoms. The van der Waals surface area contributed by atoms with E-state index < -0.39 is 40.3 Å². The van der Waals surface area contributed by atoms with E-state index in [-0.39, 0.29) is 43.9 Å². The number of esters is 1. The monoisotopic (exact) mass is 631 g/mol. The van der Waals surface area contributed by atoms with E-state index in [4.69, 9.17) is 18.6 Å². The molecule has 0 unspecified atom stereocenters. The number of likely N-dealkylation sites (N-methyl/N-ethyl adjacent to an activating group) is 1. The molecule has 0 aliphatic carbocycles. The number of aryl methyl sites for hydroxylation is 1. The largest absolute Gasteiger partial charge is 0.507 e. The van der Waals surface area contributed by atoms with Gasteiger partial charge in [-0.25, -0.2) is 9.59 Å². The van der Waals surface area contributed by atoms with Gasteiger partial charge in [-0.3, -0.25) is 19.0 Å². The Morgan fingerprint density at radius 2 is 1.88 bits per heavy atom. The molecule has 43 heavy (non-hydrogen) atoms. The van der Waals surface area contributed by atoms with Crippen molar-refractivity contribution in [2.75, 3.05) is 39.7 Å². The topological polar surface area (TPSA) is 167 Å². The molecule has 1 aromatic heterocycles. The molecule has 3 heterocycles. The van der Waals surface area contributed by atoms with Crippen LogP contribution in [0.3, 0.4) is 0 Å². The average molecular weight is 632 g/mol. The number of nitrogens with one attached hydrogen (secondary N) is 1. The normalized spacial score (nSPS) is 10.9. The van der Waals surface area contributed by atoms with E-state index in [0.29, 0.717) is 27.8 Å². The lowest BCUT2D eigenvalue weighted by Gasteiger charge is -2.17. The molecule has 0 atom stereocenters. The second kappa shape index (κ2) is 13.6. The minimum absolute atomic E-state index is 0.0339. The first-order chi connectivity index (χ1) is 20.5. The summed E-state index contributed by atoms with van der Waals surface area (Å²) < 4.78 is 22.2. The smallest absolute Gasteiger partial charge is 0.350 e. The van der Waals surface area contributed by atoms with E-state index >= 15 is 0 Å². The summed E-state index contributed by atoms with van der Waals surface area (Å²) in [7, 11) is 7.26. The van der Waals surface area contributed by atoms with Gasteiger partial charge in [-0.05, 0) is 25.5 Å². The molecule has 2 aromatic rings. The number of rotatable bonds is 12. The Balaban J connectivity index is 1.31. The van der Waals surface area contributed by atoms with Crippen molar-refractivity contribution < 1.29 is 38.1 Å². The molecule has 13 nitrogen and oxygen atoms in total. The van der Waals surface area contributed by atoms with E-state index in [1.54, 1.807) is 18.2 Å². The van der Waals surface area contributed by atoms with E-state index in [1.165, 1.54) is 64.4 Å². The second-order valence-electron chi connectivity index (χ2n) is 9.32. The number of aromatic hydroxyl groups is 1. The summed E-state index contributed by atoms with van der Waals surface area (Å²) in [6.45, 7) is 1.38. The summed E-state index contributed by atoms with van der Waals surface area (Å²) >= 11 is 0.